The van der Waals surface area contributed by atoms with E-state index in [0.717, 1.165) is 22.0 Å². The fourth-order valence-electron chi connectivity index (χ4n) is 3.54. The minimum atomic E-state index is -0.416. The van der Waals surface area contributed by atoms with Gasteiger partial charge in [-0.15, -0.1) is 0 Å². The second kappa shape index (κ2) is 10.2. The van der Waals surface area contributed by atoms with E-state index in [1.54, 1.807) is 12.3 Å². The van der Waals surface area contributed by atoms with Crippen molar-refractivity contribution in [2.24, 2.45) is 5.10 Å². The standard InChI is InChI=1S/C25H19Br2N3O4/c1-34-25(33)16-6-4-5-15(9-16)13-30-14-18(19-7-2-3-8-22(19)30)12-28-29-24(32)17-10-20(26)23(31)21(27)11-17/h2-12,14,31H,13H2,1H3,(H,29,32)/b28-12-. The predicted molar refractivity (Wildman–Crippen MR) is 137 cm³/mol. The molecule has 1 heterocycles. The number of fused-ring (bicyclic) bond motifs is 1. The lowest BCUT2D eigenvalue weighted by Crippen LogP contribution is -2.17. The van der Waals surface area contributed by atoms with Crippen LogP contribution in [0.2, 0.25) is 0 Å². The molecule has 172 valence electrons. The maximum Gasteiger partial charge on any atom is 0.337 e. The van der Waals surface area contributed by atoms with Crippen LogP contribution in [0.1, 0.15) is 31.8 Å². The molecule has 0 saturated carbocycles. The quantitative estimate of drug-likeness (QED) is 0.178. The van der Waals surface area contributed by atoms with Crippen molar-refractivity contribution in [3.05, 3.63) is 98.1 Å². The maximum absolute atomic E-state index is 12.5. The topological polar surface area (TPSA) is 92.9 Å². The number of carbonyl (C=O) groups excluding carboxylic acids is 2. The molecule has 34 heavy (non-hydrogen) atoms. The van der Waals surface area contributed by atoms with Crippen molar-refractivity contribution in [1.29, 1.82) is 0 Å². The molecule has 0 aliphatic rings. The average molecular weight is 585 g/mol. The Hall–Kier alpha value is -3.43. The molecule has 4 aromatic rings. The summed E-state index contributed by atoms with van der Waals surface area (Å²) in [7, 11) is 1.36. The Morgan fingerprint density at radius 2 is 1.79 bits per heavy atom. The summed E-state index contributed by atoms with van der Waals surface area (Å²) in [5.41, 5.74) is 6.11. The lowest BCUT2D eigenvalue weighted by molar-refractivity contribution is 0.0600. The molecule has 0 fully saturated rings. The summed E-state index contributed by atoms with van der Waals surface area (Å²) in [5, 5.41) is 14.9. The van der Waals surface area contributed by atoms with E-state index >= 15 is 0 Å². The van der Waals surface area contributed by atoms with Gasteiger partial charge in [-0.05, 0) is 67.8 Å². The number of aromatic hydroxyl groups is 1. The number of aromatic nitrogens is 1. The van der Waals surface area contributed by atoms with E-state index in [1.165, 1.54) is 19.2 Å². The van der Waals surface area contributed by atoms with Gasteiger partial charge in [0.2, 0.25) is 0 Å². The Morgan fingerprint density at radius 3 is 2.53 bits per heavy atom. The molecule has 1 amide bonds. The molecule has 1 aromatic heterocycles. The minimum absolute atomic E-state index is 0.0185. The fraction of sp³-hybridized carbons (Fsp3) is 0.0800. The third kappa shape index (κ3) is 5.05. The molecule has 0 spiro atoms. The van der Waals surface area contributed by atoms with Gasteiger partial charge in [0.05, 0.1) is 27.8 Å². The summed E-state index contributed by atoms with van der Waals surface area (Å²) in [6.45, 7) is 0.543. The third-order valence-electron chi connectivity index (χ3n) is 5.17. The Balaban J connectivity index is 1.57. The highest BCUT2D eigenvalue weighted by molar-refractivity contribution is 9.11. The van der Waals surface area contributed by atoms with Crippen molar-refractivity contribution in [2.75, 3.05) is 7.11 Å². The first kappa shape index (κ1) is 23.7. The number of phenolic OH excluding ortho intramolecular Hbond substituents is 1. The molecule has 0 radical (unpaired) electrons. The summed E-state index contributed by atoms with van der Waals surface area (Å²) in [5.74, 6) is -0.776. The third-order valence-corrected chi connectivity index (χ3v) is 6.38. The zero-order valence-corrected chi connectivity index (χ0v) is 21.1. The fourth-order valence-corrected chi connectivity index (χ4v) is 4.73. The molecule has 0 aliphatic heterocycles. The highest BCUT2D eigenvalue weighted by Crippen LogP contribution is 2.33. The maximum atomic E-state index is 12.5. The number of benzene rings is 3. The normalized spacial score (nSPS) is 11.1. The molecule has 2 N–H and O–H groups in total. The van der Waals surface area contributed by atoms with E-state index < -0.39 is 5.91 Å². The monoisotopic (exact) mass is 583 g/mol. The van der Waals surface area contributed by atoms with Gasteiger partial charge < -0.3 is 14.4 Å². The summed E-state index contributed by atoms with van der Waals surface area (Å²) in [6, 6.07) is 18.2. The second-order valence-electron chi connectivity index (χ2n) is 7.41. The van der Waals surface area contributed by atoms with Crippen LogP contribution in [0, 0.1) is 0 Å². The first-order valence-electron chi connectivity index (χ1n) is 10.1. The van der Waals surface area contributed by atoms with Gasteiger partial charge in [-0.3, -0.25) is 4.79 Å². The van der Waals surface area contributed by atoms with Crippen LogP contribution in [0.4, 0.5) is 0 Å². The summed E-state index contributed by atoms with van der Waals surface area (Å²) in [6.07, 6.45) is 3.53. The van der Waals surface area contributed by atoms with Crippen LogP contribution in [0.15, 0.2) is 80.9 Å². The molecule has 0 saturated heterocycles. The number of hydrazone groups is 1. The number of para-hydroxylation sites is 1. The molecule has 0 bridgehead atoms. The van der Waals surface area contributed by atoms with Crippen LogP contribution in [-0.2, 0) is 11.3 Å². The van der Waals surface area contributed by atoms with Crippen molar-refractivity contribution in [3.63, 3.8) is 0 Å². The van der Waals surface area contributed by atoms with Crippen LogP contribution >= 0.6 is 31.9 Å². The van der Waals surface area contributed by atoms with Gasteiger partial charge in [-0.2, -0.15) is 5.10 Å². The van der Waals surface area contributed by atoms with Crippen molar-refractivity contribution < 1.29 is 19.4 Å². The van der Waals surface area contributed by atoms with Gasteiger partial charge in [0.1, 0.15) is 5.75 Å². The first-order chi connectivity index (χ1) is 16.4. The highest BCUT2D eigenvalue weighted by atomic mass is 79.9. The van der Waals surface area contributed by atoms with E-state index in [9.17, 15) is 14.7 Å². The minimum Gasteiger partial charge on any atom is -0.506 e. The van der Waals surface area contributed by atoms with Gasteiger partial charge in [-0.1, -0.05) is 30.3 Å². The zero-order chi connectivity index (χ0) is 24.2. The number of nitrogens with one attached hydrogen (secondary N) is 1. The lowest BCUT2D eigenvalue weighted by atomic mass is 10.1. The Kier molecular flexibility index (Phi) is 7.14. The lowest BCUT2D eigenvalue weighted by Gasteiger charge is -2.07. The van der Waals surface area contributed by atoms with Gasteiger partial charge in [0, 0.05) is 34.8 Å². The molecule has 3 aromatic carbocycles. The summed E-state index contributed by atoms with van der Waals surface area (Å²) >= 11 is 6.43. The first-order valence-corrected chi connectivity index (χ1v) is 11.7. The summed E-state index contributed by atoms with van der Waals surface area (Å²) in [4.78, 5) is 24.3. The number of hydrogen-bond donors (Lipinski definition) is 2. The van der Waals surface area contributed by atoms with E-state index in [0.29, 0.717) is 26.6 Å². The summed E-state index contributed by atoms with van der Waals surface area (Å²) < 4.78 is 7.67. The predicted octanol–water partition coefficient (Wildman–Crippen LogP) is 5.47. The van der Waals surface area contributed by atoms with Crippen LogP contribution in [0.5, 0.6) is 5.75 Å². The van der Waals surface area contributed by atoms with E-state index in [2.05, 4.69) is 47.0 Å². The van der Waals surface area contributed by atoms with E-state index in [4.69, 9.17) is 4.74 Å². The number of esters is 1. The second-order valence-corrected chi connectivity index (χ2v) is 9.12. The number of amides is 1. The van der Waals surface area contributed by atoms with Gasteiger partial charge >= 0.3 is 5.97 Å². The SMILES string of the molecule is COC(=O)c1cccc(Cn2cc(/C=N\NC(=O)c3cc(Br)c(O)c(Br)c3)c3ccccc32)c1. The van der Waals surface area contributed by atoms with Crippen LogP contribution < -0.4 is 5.43 Å². The number of halogens is 2. The van der Waals surface area contributed by atoms with E-state index in [1.807, 2.05) is 48.7 Å². The Morgan fingerprint density at radius 1 is 1.06 bits per heavy atom. The number of methoxy groups -OCH3 is 1. The number of phenols is 1. The van der Waals surface area contributed by atoms with Crippen molar-refractivity contribution in [3.8, 4) is 5.75 Å². The van der Waals surface area contributed by atoms with Gasteiger partial charge in [0.15, 0.2) is 0 Å². The Labute approximate surface area is 212 Å². The van der Waals surface area contributed by atoms with Gasteiger partial charge in [0.25, 0.3) is 5.91 Å². The molecular weight excluding hydrogens is 566 g/mol. The molecular formula is C25H19Br2N3O4. The molecule has 0 aliphatic carbocycles. The molecule has 7 nitrogen and oxygen atoms in total. The van der Waals surface area contributed by atoms with Crippen molar-refractivity contribution in [1.82, 2.24) is 9.99 Å². The van der Waals surface area contributed by atoms with Crippen LogP contribution in [0.3, 0.4) is 0 Å². The highest BCUT2D eigenvalue weighted by Gasteiger charge is 2.12. The average Bonchev–Trinajstić information content (AvgIpc) is 3.19. The van der Waals surface area contributed by atoms with Crippen LogP contribution in [0.25, 0.3) is 10.9 Å². The van der Waals surface area contributed by atoms with E-state index in [-0.39, 0.29) is 11.7 Å². The largest absolute Gasteiger partial charge is 0.506 e. The number of carbonyl (C=O) groups is 2. The molecule has 9 heteroatoms. The number of nitrogens with zero attached hydrogens (tertiary/aromatic N) is 2. The Bertz CT molecular complexity index is 1410. The molecule has 0 atom stereocenters. The van der Waals surface area contributed by atoms with Crippen LogP contribution in [-0.4, -0.2) is 34.9 Å². The molecule has 4 rings (SSSR count). The zero-order valence-electron chi connectivity index (χ0n) is 18.0. The van der Waals surface area contributed by atoms with Crippen molar-refractivity contribution >= 4 is 60.9 Å². The number of hydrogen-bond acceptors (Lipinski definition) is 5. The number of ether oxygens (including phenoxy) is 1. The number of rotatable bonds is 6. The molecule has 0 unspecified atom stereocenters. The van der Waals surface area contributed by atoms with Crippen molar-refractivity contribution in [2.45, 2.75) is 6.54 Å². The smallest absolute Gasteiger partial charge is 0.337 e. The van der Waals surface area contributed by atoms with Gasteiger partial charge in [-0.25, -0.2) is 10.2 Å².